The van der Waals surface area contributed by atoms with E-state index in [1.165, 1.54) is 0 Å². The van der Waals surface area contributed by atoms with Crippen molar-refractivity contribution >= 4 is 17.5 Å². The van der Waals surface area contributed by atoms with Crippen LogP contribution in [0.1, 0.15) is 53.4 Å². The normalized spacial score (nSPS) is 15.8. The molecule has 0 saturated heterocycles. The summed E-state index contributed by atoms with van der Waals surface area (Å²) >= 11 is 0. The Hall–Kier alpha value is -3.68. The third-order valence-electron chi connectivity index (χ3n) is 5.98. The van der Waals surface area contributed by atoms with Gasteiger partial charge in [0, 0.05) is 24.6 Å². The van der Waals surface area contributed by atoms with Crippen LogP contribution in [-0.2, 0) is 17.8 Å². The molecule has 0 saturated carbocycles. The van der Waals surface area contributed by atoms with Gasteiger partial charge in [-0.15, -0.1) is 0 Å². The van der Waals surface area contributed by atoms with Gasteiger partial charge < -0.3 is 16.4 Å². The maximum atomic E-state index is 13.2. The fourth-order valence-electron chi connectivity index (χ4n) is 4.05. The number of aryl methyl sites for hydroxylation is 3. The number of fused-ring (bicyclic) bond motifs is 1. The van der Waals surface area contributed by atoms with E-state index in [1.807, 2.05) is 26.8 Å². The number of nitrogens with zero attached hydrogens (tertiary/aromatic N) is 3. The number of amides is 1. The first-order valence-corrected chi connectivity index (χ1v) is 10.8. The molecular formula is C24H28N6O2. The van der Waals surface area contributed by atoms with Crippen LogP contribution in [0.25, 0.3) is 0 Å². The molecule has 166 valence electrons. The number of anilines is 2. The van der Waals surface area contributed by atoms with E-state index >= 15 is 0 Å². The molecule has 4 rings (SSSR count). The molecule has 3 heterocycles. The van der Waals surface area contributed by atoms with Crippen LogP contribution in [0.4, 0.5) is 11.6 Å². The molecule has 1 amide bonds. The molecule has 1 aliphatic rings. The zero-order chi connectivity index (χ0) is 22.8. The van der Waals surface area contributed by atoms with Crippen molar-refractivity contribution in [2.75, 3.05) is 11.1 Å². The van der Waals surface area contributed by atoms with Gasteiger partial charge in [-0.25, -0.2) is 9.97 Å². The SMILES string of the molecule is Cc1ccc(C)c(CNc2ncc3n(c2=O)[C@H](C(=O)N[C@H](C)c2ccc(N)nc2)CC3)c1. The number of rotatable bonds is 6. The van der Waals surface area contributed by atoms with Gasteiger partial charge in [-0.3, -0.25) is 14.2 Å². The molecule has 32 heavy (non-hydrogen) atoms. The third kappa shape index (κ3) is 4.34. The minimum Gasteiger partial charge on any atom is -0.384 e. The molecular weight excluding hydrogens is 404 g/mol. The second kappa shape index (κ2) is 8.82. The van der Waals surface area contributed by atoms with E-state index in [-0.39, 0.29) is 23.3 Å². The number of benzene rings is 1. The lowest BCUT2D eigenvalue weighted by Gasteiger charge is -2.19. The number of carbonyl (C=O) groups is 1. The van der Waals surface area contributed by atoms with Crippen molar-refractivity contribution in [1.29, 1.82) is 0 Å². The highest BCUT2D eigenvalue weighted by Gasteiger charge is 2.31. The largest absolute Gasteiger partial charge is 0.384 e. The summed E-state index contributed by atoms with van der Waals surface area (Å²) in [6, 6.07) is 8.94. The van der Waals surface area contributed by atoms with Gasteiger partial charge in [0.1, 0.15) is 11.9 Å². The highest BCUT2D eigenvalue weighted by atomic mass is 16.2. The Bertz CT molecular complexity index is 1200. The summed E-state index contributed by atoms with van der Waals surface area (Å²) in [5.41, 5.74) is 10.4. The lowest BCUT2D eigenvalue weighted by molar-refractivity contribution is -0.124. The van der Waals surface area contributed by atoms with E-state index in [0.29, 0.717) is 25.2 Å². The van der Waals surface area contributed by atoms with Gasteiger partial charge >= 0.3 is 0 Å². The predicted molar refractivity (Wildman–Crippen MR) is 124 cm³/mol. The standard InChI is InChI=1S/C24H28N6O2/c1-14-4-5-15(2)18(10-14)12-27-22-24(32)30-19(13-28-22)7-8-20(30)23(31)29-16(3)17-6-9-21(25)26-11-17/h4-6,9-11,13,16,20H,7-8,12H2,1-3H3,(H2,25,26)(H,27,28)(H,29,31)/t16-,20+/m1/s1. The van der Waals surface area contributed by atoms with E-state index in [4.69, 9.17) is 5.73 Å². The van der Waals surface area contributed by atoms with Gasteiger partial charge in [0.2, 0.25) is 5.91 Å². The minimum atomic E-state index is -0.564. The Morgan fingerprint density at radius 1 is 1.22 bits per heavy atom. The van der Waals surface area contributed by atoms with Gasteiger partial charge in [-0.1, -0.05) is 29.8 Å². The highest BCUT2D eigenvalue weighted by Crippen LogP contribution is 2.25. The third-order valence-corrected chi connectivity index (χ3v) is 5.98. The summed E-state index contributed by atoms with van der Waals surface area (Å²) in [6.45, 7) is 6.45. The van der Waals surface area contributed by atoms with Crippen molar-refractivity contribution in [1.82, 2.24) is 19.9 Å². The second-order valence-corrected chi connectivity index (χ2v) is 8.36. The molecule has 8 nitrogen and oxygen atoms in total. The average Bonchev–Trinajstić information content (AvgIpc) is 3.21. The number of carbonyl (C=O) groups excluding carboxylic acids is 1. The van der Waals surface area contributed by atoms with E-state index in [2.05, 4.69) is 38.8 Å². The van der Waals surface area contributed by atoms with Gasteiger partial charge in [-0.05, 0) is 56.4 Å². The van der Waals surface area contributed by atoms with E-state index < -0.39 is 6.04 Å². The van der Waals surface area contributed by atoms with Crippen LogP contribution in [0, 0.1) is 13.8 Å². The quantitative estimate of drug-likeness (QED) is 0.552. The summed E-state index contributed by atoms with van der Waals surface area (Å²) in [4.78, 5) is 34.6. The number of nitrogen functional groups attached to an aromatic ring is 1. The van der Waals surface area contributed by atoms with Gasteiger partial charge in [0.15, 0.2) is 5.82 Å². The maximum Gasteiger partial charge on any atom is 0.294 e. The lowest BCUT2D eigenvalue weighted by Crippen LogP contribution is -2.37. The Kier molecular flexibility index (Phi) is 5.94. The van der Waals surface area contributed by atoms with E-state index in [9.17, 15) is 9.59 Å². The van der Waals surface area contributed by atoms with Crippen LogP contribution >= 0.6 is 0 Å². The van der Waals surface area contributed by atoms with Crippen LogP contribution in [0.3, 0.4) is 0 Å². The number of aromatic nitrogens is 3. The first-order chi connectivity index (χ1) is 15.3. The highest BCUT2D eigenvalue weighted by molar-refractivity contribution is 5.81. The number of nitrogens with two attached hydrogens (primary N) is 1. The number of hydrogen-bond donors (Lipinski definition) is 3. The minimum absolute atomic E-state index is 0.193. The smallest absolute Gasteiger partial charge is 0.294 e. The fraction of sp³-hybridized carbons (Fsp3) is 0.333. The predicted octanol–water partition coefficient (Wildman–Crippen LogP) is 2.81. The second-order valence-electron chi connectivity index (χ2n) is 8.36. The van der Waals surface area contributed by atoms with Crippen LogP contribution in [0.15, 0.2) is 47.5 Å². The van der Waals surface area contributed by atoms with Crippen molar-refractivity contribution in [2.24, 2.45) is 0 Å². The molecule has 0 unspecified atom stereocenters. The first kappa shape index (κ1) is 21.5. The molecule has 2 atom stereocenters. The summed E-state index contributed by atoms with van der Waals surface area (Å²) in [5.74, 6) is 0.490. The topological polar surface area (TPSA) is 115 Å². The van der Waals surface area contributed by atoms with Gasteiger partial charge in [0.05, 0.1) is 6.04 Å². The average molecular weight is 433 g/mol. The monoisotopic (exact) mass is 432 g/mol. The molecule has 0 radical (unpaired) electrons. The van der Waals surface area contributed by atoms with Crippen molar-refractivity contribution in [2.45, 2.75) is 52.2 Å². The Morgan fingerprint density at radius 2 is 2.03 bits per heavy atom. The Labute approximate surface area is 186 Å². The van der Waals surface area contributed by atoms with Gasteiger partial charge in [-0.2, -0.15) is 0 Å². The Morgan fingerprint density at radius 3 is 2.78 bits per heavy atom. The summed E-state index contributed by atoms with van der Waals surface area (Å²) in [6.07, 6.45) is 4.53. The summed E-state index contributed by atoms with van der Waals surface area (Å²) in [5, 5.41) is 6.16. The van der Waals surface area contributed by atoms with Crippen LogP contribution in [-0.4, -0.2) is 20.4 Å². The molecule has 4 N–H and O–H groups in total. The number of hydrogen-bond acceptors (Lipinski definition) is 6. The van der Waals surface area contributed by atoms with Crippen molar-refractivity contribution in [3.63, 3.8) is 0 Å². The molecule has 0 bridgehead atoms. The Balaban J connectivity index is 1.51. The summed E-state index contributed by atoms with van der Waals surface area (Å²) < 4.78 is 1.57. The van der Waals surface area contributed by atoms with Crippen molar-refractivity contribution < 1.29 is 4.79 Å². The molecule has 0 fully saturated rings. The van der Waals surface area contributed by atoms with E-state index in [1.54, 1.807) is 23.0 Å². The molecule has 1 aromatic carbocycles. The van der Waals surface area contributed by atoms with Crippen LogP contribution in [0.2, 0.25) is 0 Å². The summed E-state index contributed by atoms with van der Waals surface area (Å²) in [7, 11) is 0. The maximum absolute atomic E-state index is 13.2. The fourth-order valence-corrected chi connectivity index (χ4v) is 4.05. The number of nitrogens with one attached hydrogen (secondary N) is 2. The zero-order valence-corrected chi connectivity index (χ0v) is 18.6. The molecule has 1 aliphatic heterocycles. The molecule has 3 aromatic rings. The number of pyridine rings is 1. The first-order valence-electron chi connectivity index (χ1n) is 10.8. The molecule has 8 heteroatoms. The lowest BCUT2D eigenvalue weighted by atomic mass is 10.1. The van der Waals surface area contributed by atoms with Crippen LogP contribution in [0.5, 0.6) is 0 Å². The van der Waals surface area contributed by atoms with Gasteiger partial charge in [0.25, 0.3) is 5.56 Å². The molecule has 0 aliphatic carbocycles. The van der Waals surface area contributed by atoms with E-state index in [0.717, 1.165) is 27.9 Å². The molecule has 0 spiro atoms. The van der Waals surface area contributed by atoms with Crippen molar-refractivity contribution in [3.05, 3.63) is 81.0 Å². The molecule has 2 aromatic heterocycles. The van der Waals surface area contributed by atoms with Crippen molar-refractivity contribution in [3.8, 4) is 0 Å². The zero-order valence-electron chi connectivity index (χ0n) is 18.6. The van der Waals surface area contributed by atoms with Crippen LogP contribution < -0.4 is 21.9 Å².